The van der Waals surface area contributed by atoms with Crippen LogP contribution in [0.15, 0.2) is 164 Å². The Balaban J connectivity index is 0.926. The Morgan fingerprint density at radius 1 is 0.320 bits per heavy atom. The van der Waals surface area contributed by atoms with E-state index in [4.69, 9.17) is 9.97 Å². The molecule has 5 heterocycles. The third-order valence-electron chi connectivity index (χ3n) is 9.59. The van der Waals surface area contributed by atoms with Gasteiger partial charge in [-0.25, -0.2) is 9.97 Å². The number of hydrogen-bond donors (Lipinski definition) is 0. The van der Waals surface area contributed by atoms with E-state index in [1.165, 1.54) is 0 Å². The lowest BCUT2D eigenvalue weighted by Crippen LogP contribution is -1.89. The van der Waals surface area contributed by atoms with Gasteiger partial charge in [0.05, 0.1) is 39.0 Å². The minimum atomic E-state index is 0.921. The van der Waals surface area contributed by atoms with Crippen LogP contribution in [0.2, 0.25) is 0 Å². The number of benzene rings is 5. The first-order valence-corrected chi connectivity index (χ1v) is 16.6. The van der Waals surface area contributed by atoms with Crippen molar-refractivity contribution in [3.8, 4) is 44.8 Å². The van der Waals surface area contributed by atoms with E-state index in [9.17, 15) is 0 Å². The molecule has 0 N–H and O–H groups in total. The maximum absolute atomic E-state index is 5.04. The molecule has 232 valence electrons. The van der Waals surface area contributed by atoms with Crippen molar-refractivity contribution >= 4 is 54.5 Å². The number of pyridine rings is 5. The van der Waals surface area contributed by atoms with Crippen molar-refractivity contribution in [1.82, 2.24) is 24.9 Å². The van der Waals surface area contributed by atoms with Gasteiger partial charge in [0.2, 0.25) is 0 Å². The highest BCUT2D eigenvalue weighted by Gasteiger charge is 2.11. The van der Waals surface area contributed by atoms with Crippen LogP contribution in [-0.2, 0) is 0 Å². The van der Waals surface area contributed by atoms with Gasteiger partial charge in [-0.1, -0.05) is 78.9 Å². The summed E-state index contributed by atoms with van der Waals surface area (Å²) >= 11 is 0. The first kappa shape index (κ1) is 28.2. The van der Waals surface area contributed by atoms with Gasteiger partial charge >= 0.3 is 0 Å². The summed E-state index contributed by atoms with van der Waals surface area (Å²) in [4.78, 5) is 23.7. The highest BCUT2D eigenvalue weighted by atomic mass is 14.7. The minimum absolute atomic E-state index is 0.921. The average molecular weight is 638 g/mol. The van der Waals surface area contributed by atoms with Crippen molar-refractivity contribution in [2.45, 2.75) is 0 Å². The first-order chi connectivity index (χ1) is 24.7. The van der Waals surface area contributed by atoms with Crippen LogP contribution in [0.4, 0.5) is 0 Å². The summed E-state index contributed by atoms with van der Waals surface area (Å²) in [5.41, 5.74) is 13.4. The molecule has 5 aromatic heterocycles. The topological polar surface area (TPSA) is 64.5 Å². The van der Waals surface area contributed by atoms with Crippen LogP contribution in [0.5, 0.6) is 0 Å². The molecule has 0 fully saturated rings. The molecule has 0 saturated heterocycles. The van der Waals surface area contributed by atoms with Gasteiger partial charge in [0.1, 0.15) is 0 Å². The van der Waals surface area contributed by atoms with E-state index in [-0.39, 0.29) is 0 Å². The van der Waals surface area contributed by atoms with Gasteiger partial charge in [-0.3, -0.25) is 15.0 Å². The second-order valence-corrected chi connectivity index (χ2v) is 12.6. The second kappa shape index (κ2) is 11.4. The molecular weight excluding hydrogens is 611 g/mol. The maximum Gasteiger partial charge on any atom is 0.0970 e. The van der Waals surface area contributed by atoms with Crippen LogP contribution in [0.25, 0.3) is 99.3 Å². The zero-order chi connectivity index (χ0) is 33.0. The average Bonchev–Trinajstić information content (AvgIpc) is 3.19. The van der Waals surface area contributed by atoms with Crippen molar-refractivity contribution in [3.63, 3.8) is 0 Å². The maximum atomic E-state index is 5.04. The van der Waals surface area contributed by atoms with Crippen LogP contribution >= 0.6 is 0 Å². The van der Waals surface area contributed by atoms with Gasteiger partial charge in [0.15, 0.2) is 0 Å². The van der Waals surface area contributed by atoms with E-state index in [1.54, 1.807) is 0 Å². The van der Waals surface area contributed by atoms with Crippen molar-refractivity contribution in [2.24, 2.45) is 0 Å². The molecule has 0 unspecified atom stereocenters. The summed E-state index contributed by atoms with van der Waals surface area (Å²) in [5, 5.41) is 5.51. The van der Waals surface area contributed by atoms with Crippen molar-refractivity contribution < 1.29 is 0 Å². The van der Waals surface area contributed by atoms with Gasteiger partial charge in [0.25, 0.3) is 0 Å². The Morgan fingerprint density at radius 2 is 0.860 bits per heavy atom. The molecule has 0 radical (unpaired) electrons. The van der Waals surface area contributed by atoms with E-state index < -0.39 is 0 Å². The molecule has 5 aromatic carbocycles. The number of fused-ring (bicyclic) bond motifs is 6. The third-order valence-corrected chi connectivity index (χ3v) is 9.59. The highest BCUT2D eigenvalue weighted by molar-refractivity contribution is 6.08. The van der Waals surface area contributed by atoms with Crippen LogP contribution < -0.4 is 0 Å². The quantitative estimate of drug-likeness (QED) is 0.180. The number of nitrogens with zero attached hydrogens (tertiary/aromatic N) is 5. The molecule has 5 heteroatoms. The number of aromatic nitrogens is 5. The lowest BCUT2D eigenvalue weighted by molar-refractivity contribution is 1.37. The van der Waals surface area contributed by atoms with Crippen LogP contribution in [-0.4, -0.2) is 24.9 Å². The summed E-state index contributed by atoms with van der Waals surface area (Å²) in [6, 6.07) is 50.8. The predicted molar refractivity (Wildman–Crippen MR) is 205 cm³/mol. The van der Waals surface area contributed by atoms with Crippen LogP contribution in [0.3, 0.4) is 0 Å². The summed E-state index contributed by atoms with van der Waals surface area (Å²) < 4.78 is 0. The molecule has 10 aromatic rings. The number of hydrogen-bond acceptors (Lipinski definition) is 5. The van der Waals surface area contributed by atoms with E-state index in [0.717, 1.165) is 99.3 Å². The zero-order valence-corrected chi connectivity index (χ0v) is 26.8. The molecule has 0 aliphatic rings. The Hall–Kier alpha value is -6.85. The fraction of sp³-hybridized carbons (Fsp3) is 0. The Kier molecular flexibility index (Phi) is 6.42. The van der Waals surface area contributed by atoms with Gasteiger partial charge < -0.3 is 0 Å². The van der Waals surface area contributed by atoms with E-state index in [2.05, 4.69) is 148 Å². The molecule has 0 amide bonds. The molecule has 10 rings (SSSR count). The normalized spacial score (nSPS) is 11.6. The molecular formula is C45H27N5. The van der Waals surface area contributed by atoms with Crippen LogP contribution in [0.1, 0.15) is 0 Å². The second-order valence-electron chi connectivity index (χ2n) is 12.6. The zero-order valence-electron chi connectivity index (χ0n) is 26.8. The van der Waals surface area contributed by atoms with Crippen molar-refractivity contribution in [1.29, 1.82) is 0 Å². The first-order valence-electron chi connectivity index (χ1n) is 16.6. The minimum Gasteiger partial charge on any atom is -0.256 e. The molecule has 50 heavy (non-hydrogen) atoms. The third kappa shape index (κ3) is 4.83. The highest BCUT2D eigenvalue weighted by Crippen LogP contribution is 2.34. The Labute approximate surface area is 287 Å². The molecule has 0 atom stereocenters. The Bertz CT molecular complexity index is 2930. The molecule has 0 spiro atoms. The predicted octanol–water partition coefficient (Wildman–Crippen LogP) is 11.1. The standard InChI is InChI=1S/C45H27N5/c1-3-30-9-15-38-37(21-24-48-45(38)44(30)47-23-1)28-5-7-29(8-6-28)40-19-13-34-25-31(10-17-41(34)49-40)32-11-18-42-35(26-32)14-20-43(50-42)36-12-16-39-33(27-36)4-2-22-46-39/h1-27H. The van der Waals surface area contributed by atoms with Gasteiger partial charge in [0, 0.05) is 56.6 Å². The summed E-state index contributed by atoms with van der Waals surface area (Å²) in [6.07, 6.45) is 5.52. The fourth-order valence-electron chi connectivity index (χ4n) is 6.99. The fourth-order valence-corrected chi connectivity index (χ4v) is 6.99. The number of rotatable bonds is 4. The summed E-state index contributed by atoms with van der Waals surface area (Å²) in [5.74, 6) is 0. The van der Waals surface area contributed by atoms with Crippen molar-refractivity contribution in [2.75, 3.05) is 0 Å². The van der Waals surface area contributed by atoms with Gasteiger partial charge in [-0.15, -0.1) is 0 Å². The van der Waals surface area contributed by atoms with Gasteiger partial charge in [-0.05, 0) is 89.0 Å². The Morgan fingerprint density at radius 3 is 1.62 bits per heavy atom. The molecule has 0 aliphatic carbocycles. The molecule has 0 saturated carbocycles. The van der Waals surface area contributed by atoms with E-state index >= 15 is 0 Å². The lowest BCUT2D eigenvalue weighted by Gasteiger charge is -2.10. The lowest BCUT2D eigenvalue weighted by atomic mass is 9.98. The van der Waals surface area contributed by atoms with E-state index in [0.29, 0.717) is 0 Å². The van der Waals surface area contributed by atoms with Gasteiger partial charge in [-0.2, -0.15) is 0 Å². The largest absolute Gasteiger partial charge is 0.256 e. The molecule has 5 nitrogen and oxygen atoms in total. The monoisotopic (exact) mass is 637 g/mol. The van der Waals surface area contributed by atoms with E-state index in [1.807, 2.05) is 30.7 Å². The smallest absolute Gasteiger partial charge is 0.0970 e. The van der Waals surface area contributed by atoms with Crippen LogP contribution in [0, 0.1) is 0 Å². The molecule has 0 aliphatic heterocycles. The summed E-state index contributed by atoms with van der Waals surface area (Å²) in [6.45, 7) is 0. The SMILES string of the molecule is c1cnc2ccc(-c3ccc4cc(-c5ccc6nc(-c7ccc(-c8ccnc9c8ccc8cccnc89)cc7)ccc6c5)ccc4n3)cc2c1. The van der Waals surface area contributed by atoms with Crippen molar-refractivity contribution in [3.05, 3.63) is 164 Å². The summed E-state index contributed by atoms with van der Waals surface area (Å²) in [7, 11) is 0. The molecule has 0 bridgehead atoms.